The lowest BCUT2D eigenvalue weighted by Crippen LogP contribution is -2.33. The molecule has 2 heterocycles. The van der Waals surface area contributed by atoms with Gasteiger partial charge in [0, 0.05) is 31.2 Å². The average molecular weight is 450 g/mol. The lowest BCUT2D eigenvalue weighted by Gasteiger charge is -2.21. The van der Waals surface area contributed by atoms with Crippen molar-refractivity contribution in [2.75, 3.05) is 20.1 Å². The molecule has 0 radical (unpaired) electrons. The summed E-state index contributed by atoms with van der Waals surface area (Å²) in [5, 5.41) is 11.5. The van der Waals surface area contributed by atoms with E-state index in [0.29, 0.717) is 35.4 Å². The highest BCUT2D eigenvalue weighted by atomic mass is 35.5. The van der Waals surface area contributed by atoms with Crippen LogP contribution in [-0.4, -0.2) is 34.5 Å². The number of halogens is 2. The molecule has 3 rings (SSSR count). The summed E-state index contributed by atoms with van der Waals surface area (Å²) in [6, 6.07) is 5.88. The number of nitrogens with zero attached hydrogens (tertiary/aromatic N) is 3. The van der Waals surface area contributed by atoms with Crippen molar-refractivity contribution in [2.24, 2.45) is 5.92 Å². The molecule has 1 aromatic carbocycles. The van der Waals surface area contributed by atoms with Gasteiger partial charge in [-0.15, -0.1) is 5.10 Å². The highest BCUT2D eigenvalue weighted by Gasteiger charge is 2.22. The molecule has 1 aromatic heterocycles. The smallest absolute Gasteiger partial charge is 0.350 e. The predicted molar refractivity (Wildman–Crippen MR) is 126 cm³/mol. The molecule has 2 N–H and O–H groups in total. The standard InChI is InChI=1S/C21H27ClFN5O.C2H6/c1-3-16(12-17(22)13-24-2)20-26-27(14-15-8-10-25-11-9-15)21(29)28(20)19-6-4-18(23)5-7-19;1-2/h3-7,13,15,24-25H,8-12,14H2,1-2H3;1-2H3/b16-3+,17-13+;. The minimum absolute atomic E-state index is 0.224. The lowest BCUT2D eigenvalue weighted by molar-refractivity contribution is 0.316. The van der Waals surface area contributed by atoms with Gasteiger partial charge in [0.2, 0.25) is 0 Å². The summed E-state index contributed by atoms with van der Waals surface area (Å²) in [5.41, 5.74) is 1.18. The normalized spacial score (nSPS) is 15.4. The van der Waals surface area contributed by atoms with Crippen LogP contribution >= 0.6 is 11.6 Å². The van der Waals surface area contributed by atoms with E-state index in [9.17, 15) is 9.18 Å². The molecule has 31 heavy (non-hydrogen) atoms. The van der Waals surface area contributed by atoms with Crippen LogP contribution in [0.5, 0.6) is 0 Å². The maximum Gasteiger partial charge on any atom is 0.350 e. The van der Waals surface area contributed by atoms with E-state index >= 15 is 0 Å². The molecule has 1 aliphatic heterocycles. The summed E-state index contributed by atoms with van der Waals surface area (Å²) in [5.74, 6) is 0.581. The van der Waals surface area contributed by atoms with E-state index in [1.54, 1.807) is 29.9 Å². The number of nitrogens with one attached hydrogen (secondary N) is 2. The Hall–Kier alpha value is -2.38. The fourth-order valence-corrected chi connectivity index (χ4v) is 3.82. The summed E-state index contributed by atoms with van der Waals surface area (Å²) < 4.78 is 16.5. The van der Waals surface area contributed by atoms with Gasteiger partial charge in [0.25, 0.3) is 0 Å². The van der Waals surface area contributed by atoms with Crippen molar-refractivity contribution in [2.45, 2.75) is 46.6 Å². The molecule has 1 fully saturated rings. The molecular formula is C23H33ClFN5O. The van der Waals surface area contributed by atoms with E-state index in [1.165, 1.54) is 16.8 Å². The first kappa shape index (κ1) is 24.9. The van der Waals surface area contributed by atoms with Crippen molar-refractivity contribution in [3.63, 3.8) is 0 Å². The van der Waals surface area contributed by atoms with Crippen molar-refractivity contribution in [3.05, 3.63) is 63.7 Å². The molecule has 1 saturated heterocycles. The van der Waals surface area contributed by atoms with Crippen LogP contribution in [0, 0.1) is 11.7 Å². The predicted octanol–water partition coefficient (Wildman–Crippen LogP) is 4.29. The van der Waals surface area contributed by atoms with Gasteiger partial charge < -0.3 is 10.6 Å². The molecule has 0 amide bonds. The van der Waals surface area contributed by atoms with Gasteiger partial charge in [0.05, 0.1) is 5.69 Å². The summed E-state index contributed by atoms with van der Waals surface area (Å²) in [4.78, 5) is 13.2. The summed E-state index contributed by atoms with van der Waals surface area (Å²) in [6.45, 7) is 8.37. The first-order chi connectivity index (χ1) is 15.0. The van der Waals surface area contributed by atoms with Gasteiger partial charge in [0.15, 0.2) is 5.82 Å². The molecule has 0 atom stereocenters. The number of hydrogen-bond donors (Lipinski definition) is 2. The maximum absolute atomic E-state index is 13.4. The number of piperidine rings is 1. The van der Waals surface area contributed by atoms with E-state index in [-0.39, 0.29) is 11.5 Å². The van der Waals surface area contributed by atoms with Gasteiger partial charge in [-0.2, -0.15) is 0 Å². The van der Waals surface area contributed by atoms with E-state index in [4.69, 9.17) is 11.6 Å². The Bertz CT molecular complexity index is 940. The Labute approximate surface area is 188 Å². The van der Waals surface area contributed by atoms with Crippen LogP contribution in [-0.2, 0) is 6.54 Å². The second kappa shape index (κ2) is 12.5. The van der Waals surface area contributed by atoms with Gasteiger partial charge in [-0.1, -0.05) is 31.5 Å². The van der Waals surface area contributed by atoms with Gasteiger partial charge >= 0.3 is 5.69 Å². The molecule has 6 nitrogen and oxygen atoms in total. The van der Waals surface area contributed by atoms with Crippen molar-refractivity contribution in [1.29, 1.82) is 0 Å². The Morgan fingerprint density at radius 2 is 1.94 bits per heavy atom. The second-order valence-corrected chi connectivity index (χ2v) is 7.65. The van der Waals surface area contributed by atoms with Crippen molar-refractivity contribution in [3.8, 4) is 5.69 Å². The average Bonchev–Trinajstić information content (AvgIpc) is 3.10. The maximum atomic E-state index is 13.4. The van der Waals surface area contributed by atoms with Gasteiger partial charge in [0.1, 0.15) is 5.82 Å². The minimum atomic E-state index is -0.350. The monoisotopic (exact) mass is 449 g/mol. The zero-order valence-corrected chi connectivity index (χ0v) is 19.5. The lowest BCUT2D eigenvalue weighted by atomic mass is 9.98. The largest absolute Gasteiger partial charge is 0.393 e. The van der Waals surface area contributed by atoms with Crippen molar-refractivity contribution >= 4 is 17.2 Å². The molecule has 0 saturated carbocycles. The van der Waals surface area contributed by atoms with Crippen LogP contribution in [0.25, 0.3) is 11.3 Å². The van der Waals surface area contributed by atoms with Crippen LogP contribution in [0.2, 0.25) is 0 Å². The summed E-state index contributed by atoms with van der Waals surface area (Å²) >= 11 is 6.30. The second-order valence-electron chi connectivity index (χ2n) is 7.16. The zero-order chi connectivity index (χ0) is 22.8. The molecule has 0 unspecified atom stereocenters. The fourth-order valence-electron chi connectivity index (χ4n) is 3.57. The highest BCUT2D eigenvalue weighted by Crippen LogP contribution is 2.25. The third-order valence-corrected chi connectivity index (χ3v) is 5.35. The molecule has 0 spiro atoms. The van der Waals surface area contributed by atoms with Gasteiger partial charge in [-0.05, 0) is 68.6 Å². The SMILES string of the molecule is C/C=C(\C/C(Cl)=C\NC)c1nn(CC2CCNCC2)c(=O)n1-c1ccc(F)cc1.CC. The molecule has 170 valence electrons. The van der Waals surface area contributed by atoms with Crippen LogP contribution in [0.1, 0.15) is 45.9 Å². The highest BCUT2D eigenvalue weighted by molar-refractivity contribution is 6.30. The fraction of sp³-hybridized carbons (Fsp3) is 0.478. The van der Waals surface area contributed by atoms with Crippen LogP contribution < -0.4 is 16.3 Å². The number of rotatable bonds is 7. The number of hydrogen-bond acceptors (Lipinski definition) is 4. The first-order valence-electron chi connectivity index (χ1n) is 10.9. The topological polar surface area (TPSA) is 63.9 Å². The van der Waals surface area contributed by atoms with E-state index < -0.39 is 0 Å². The third-order valence-electron chi connectivity index (χ3n) is 5.11. The quantitative estimate of drug-likeness (QED) is 0.661. The summed E-state index contributed by atoms with van der Waals surface area (Å²) in [6.07, 6.45) is 6.07. The Morgan fingerprint density at radius 1 is 1.29 bits per heavy atom. The molecule has 0 aliphatic carbocycles. The number of allylic oxidation sites excluding steroid dienone is 3. The van der Waals surface area contributed by atoms with E-state index in [1.807, 2.05) is 26.8 Å². The Balaban J connectivity index is 0.00000166. The van der Waals surface area contributed by atoms with Crippen LogP contribution in [0.15, 0.2) is 46.4 Å². The Kier molecular flexibility index (Phi) is 10.0. The minimum Gasteiger partial charge on any atom is -0.393 e. The molecule has 2 aromatic rings. The van der Waals surface area contributed by atoms with E-state index in [0.717, 1.165) is 31.5 Å². The zero-order valence-electron chi connectivity index (χ0n) is 18.8. The Morgan fingerprint density at radius 3 is 2.52 bits per heavy atom. The van der Waals surface area contributed by atoms with Crippen LogP contribution in [0.3, 0.4) is 0 Å². The number of aromatic nitrogens is 3. The van der Waals surface area contributed by atoms with Crippen LogP contribution in [0.4, 0.5) is 4.39 Å². The summed E-state index contributed by atoms with van der Waals surface area (Å²) in [7, 11) is 1.78. The van der Waals surface area contributed by atoms with Crippen molar-refractivity contribution in [1.82, 2.24) is 25.0 Å². The molecular weight excluding hydrogens is 417 g/mol. The molecule has 0 bridgehead atoms. The van der Waals surface area contributed by atoms with Gasteiger partial charge in [-0.25, -0.2) is 18.4 Å². The van der Waals surface area contributed by atoms with Crippen molar-refractivity contribution < 1.29 is 4.39 Å². The third kappa shape index (κ3) is 6.55. The molecule has 1 aliphatic rings. The molecule has 8 heteroatoms. The van der Waals surface area contributed by atoms with Gasteiger partial charge in [-0.3, -0.25) is 0 Å². The number of benzene rings is 1. The van der Waals surface area contributed by atoms with E-state index in [2.05, 4.69) is 15.7 Å². The first-order valence-corrected chi connectivity index (χ1v) is 11.2.